The maximum atomic E-state index is 6.06. The average Bonchev–Trinajstić information content (AvgIpc) is 2.69. The minimum absolute atomic E-state index is 0.732. The molecule has 0 unspecified atom stereocenters. The Morgan fingerprint density at radius 2 is 1.62 bits per heavy atom. The van der Waals surface area contributed by atoms with Gasteiger partial charge in [-0.3, -0.25) is 4.98 Å². The summed E-state index contributed by atoms with van der Waals surface area (Å²) in [5, 5.41) is 0. The lowest BCUT2D eigenvalue weighted by molar-refractivity contribution is 0.178. The van der Waals surface area contributed by atoms with Gasteiger partial charge < -0.3 is 4.74 Å². The first kappa shape index (κ1) is 18.9. The van der Waals surface area contributed by atoms with Gasteiger partial charge in [-0.05, 0) is 67.0 Å². The standard InChI is InChI=1S/C24H33NO/c1-3-5-19-7-9-21(10-8-19)18-26-23-14-12-22(13-15-23)24-16-11-20(6-4-2)17-25-24/h11-17,19,21H,3-10,18H2,1-2H3/t19-,21-. The van der Waals surface area contributed by atoms with Crippen LogP contribution in [0.3, 0.4) is 0 Å². The van der Waals surface area contributed by atoms with Crippen LogP contribution in [-0.4, -0.2) is 11.6 Å². The highest BCUT2D eigenvalue weighted by Crippen LogP contribution is 2.32. The molecule has 0 bridgehead atoms. The molecule has 2 aromatic rings. The van der Waals surface area contributed by atoms with Gasteiger partial charge in [0, 0.05) is 11.8 Å². The molecule has 0 radical (unpaired) electrons. The molecular weight excluding hydrogens is 318 g/mol. The van der Waals surface area contributed by atoms with Gasteiger partial charge in [0.15, 0.2) is 0 Å². The second kappa shape index (κ2) is 9.75. The number of hydrogen-bond acceptors (Lipinski definition) is 2. The fourth-order valence-electron chi connectivity index (χ4n) is 4.06. The molecule has 140 valence electrons. The van der Waals surface area contributed by atoms with E-state index in [1.807, 2.05) is 6.20 Å². The number of hydrogen-bond donors (Lipinski definition) is 0. The van der Waals surface area contributed by atoms with E-state index in [2.05, 4.69) is 55.2 Å². The van der Waals surface area contributed by atoms with Gasteiger partial charge in [-0.25, -0.2) is 0 Å². The Balaban J connectivity index is 1.49. The van der Waals surface area contributed by atoms with Crippen LogP contribution in [0.25, 0.3) is 11.3 Å². The van der Waals surface area contributed by atoms with Crippen molar-refractivity contribution in [2.75, 3.05) is 6.61 Å². The van der Waals surface area contributed by atoms with E-state index >= 15 is 0 Å². The van der Waals surface area contributed by atoms with Gasteiger partial charge in [-0.1, -0.05) is 52.0 Å². The van der Waals surface area contributed by atoms with Crippen LogP contribution in [-0.2, 0) is 6.42 Å². The van der Waals surface area contributed by atoms with Gasteiger partial charge in [0.25, 0.3) is 0 Å². The first-order chi connectivity index (χ1) is 12.8. The van der Waals surface area contributed by atoms with Crippen molar-refractivity contribution in [1.29, 1.82) is 0 Å². The Morgan fingerprint density at radius 1 is 0.885 bits per heavy atom. The van der Waals surface area contributed by atoms with Gasteiger partial charge in [0.05, 0.1) is 12.3 Å². The number of aromatic nitrogens is 1. The number of ether oxygens (including phenoxy) is 1. The molecule has 26 heavy (non-hydrogen) atoms. The summed E-state index contributed by atoms with van der Waals surface area (Å²) in [5.41, 5.74) is 3.50. The fraction of sp³-hybridized carbons (Fsp3) is 0.542. The molecule has 1 aromatic carbocycles. The molecule has 0 spiro atoms. The lowest BCUT2D eigenvalue weighted by atomic mass is 9.80. The largest absolute Gasteiger partial charge is 0.493 e. The Labute approximate surface area is 159 Å². The first-order valence-electron chi connectivity index (χ1n) is 10.5. The van der Waals surface area contributed by atoms with Crippen LogP contribution >= 0.6 is 0 Å². The first-order valence-corrected chi connectivity index (χ1v) is 10.5. The lowest BCUT2D eigenvalue weighted by Crippen LogP contribution is -2.20. The summed E-state index contributed by atoms with van der Waals surface area (Å²) in [6.45, 7) is 5.36. The van der Waals surface area contributed by atoms with Crippen molar-refractivity contribution in [1.82, 2.24) is 4.98 Å². The minimum atomic E-state index is 0.732. The van der Waals surface area contributed by atoms with Crippen LogP contribution in [0.1, 0.15) is 64.4 Å². The van der Waals surface area contributed by atoms with Crippen molar-refractivity contribution in [2.45, 2.75) is 65.2 Å². The predicted molar refractivity (Wildman–Crippen MR) is 110 cm³/mol. The maximum Gasteiger partial charge on any atom is 0.119 e. The summed E-state index contributed by atoms with van der Waals surface area (Å²) >= 11 is 0. The molecule has 2 heteroatoms. The van der Waals surface area contributed by atoms with E-state index in [0.717, 1.165) is 48.3 Å². The van der Waals surface area contributed by atoms with Crippen LogP contribution < -0.4 is 4.74 Å². The Bertz CT molecular complexity index is 639. The number of nitrogens with zero attached hydrogens (tertiary/aromatic N) is 1. The number of pyridine rings is 1. The molecule has 0 amide bonds. The van der Waals surface area contributed by atoms with Gasteiger partial charge in [0.1, 0.15) is 5.75 Å². The summed E-state index contributed by atoms with van der Waals surface area (Å²) in [4.78, 5) is 4.60. The molecule has 0 atom stereocenters. The Kier molecular flexibility index (Phi) is 7.11. The quantitative estimate of drug-likeness (QED) is 0.529. The van der Waals surface area contributed by atoms with E-state index in [4.69, 9.17) is 4.74 Å². The van der Waals surface area contributed by atoms with E-state index < -0.39 is 0 Å². The number of aryl methyl sites for hydroxylation is 1. The van der Waals surface area contributed by atoms with E-state index in [1.54, 1.807) is 0 Å². The van der Waals surface area contributed by atoms with E-state index in [-0.39, 0.29) is 0 Å². The zero-order valence-corrected chi connectivity index (χ0v) is 16.4. The zero-order chi connectivity index (χ0) is 18.2. The molecular formula is C24H33NO. The zero-order valence-electron chi connectivity index (χ0n) is 16.4. The Hall–Kier alpha value is -1.83. The molecule has 1 aliphatic carbocycles. The molecule has 1 aromatic heterocycles. The van der Waals surface area contributed by atoms with Crippen molar-refractivity contribution in [3.05, 3.63) is 48.2 Å². The summed E-state index contributed by atoms with van der Waals surface area (Å²) in [7, 11) is 0. The molecule has 0 N–H and O–H groups in total. The van der Waals surface area contributed by atoms with Crippen LogP contribution in [0.15, 0.2) is 42.6 Å². The van der Waals surface area contributed by atoms with E-state index in [1.165, 1.54) is 44.1 Å². The highest BCUT2D eigenvalue weighted by atomic mass is 16.5. The van der Waals surface area contributed by atoms with Crippen molar-refractivity contribution < 1.29 is 4.74 Å². The second-order valence-corrected chi connectivity index (χ2v) is 7.81. The monoisotopic (exact) mass is 351 g/mol. The lowest BCUT2D eigenvalue weighted by Gasteiger charge is -2.28. The second-order valence-electron chi connectivity index (χ2n) is 7.81. The highest BCUT2D eigenvalue weighted by molar-refractivity contribution is 5.60. The van der Waals surface area contributed by atoms with Crippen LogP contribution in [0.4, 0.5) is 0 Å². The smallest absolute Gasteiger partial charge is 0.119 e. The van der Waals surface area contributed by atoms with Crippen molar-refractivity contribution >= 4 is 0 Å². The van der Waals surface area contributed by atoms with Crippen molar-refractivity contribution in [3.8, 4) is 17.0 Å². The van der Waals surface area contributed by atoms with Crippen molar-refractivity contribution in [2.24, 2.45) is 11.8 Å². The molecule has 1 fully saturated rings. The van der Waals surface area contributed by atoms with Gasteiger partial charge in [0.2, 0.25) is 0 Å². The molecule has 1 heterocycles. The Morgan fingerprint density at radius 3 is 2.23 bits per heavy atom. The SMILES string of the molecule is CCCc1ccc(-c2ccc(OC[C@H]3CC[C@H](CCC)CC3)cc2)nc1. The third-order valence-corrected chi connectivity index (χ3v) is 5.66. The van der Waals surface area contributed by atoms with E-state index in [0.29, 0.717) is 0 Å². The average molecular weight is 352 g/mol. The van der Waals surface area contributed by atoms with Gasteiger partial charge >= 0.3 is 0 Å². The summed E-state index contributed by atoms with van der Waals surface area (Å²) < 4.78 is 6.06. The highest BCUT2D eigenvalue weighted by Gasteiger charge is 2.20. The summed E-state index contributed by atoms with van der Waals surface area (Å²) in [5.74, 6) is 2.68. The topological polar surface area (TPSA) is 22.1 Å². The third kappa shape index (κ3) is 5.33. The summed E-state index contributed by atoms with van der Waals surface area (Å²) in [6.07, 6.45) is 12.4. The number of rotatable bonds is 8. The molecule has 2 nitrogen and oxygen atoms in total. The third-order valence-electron chi connectivity index (χ3n) is 5.66. The predicted octanol–water partition coefficient (Wildman–Crippen LogP) is 6.69. The molecule has 1 saturated carbocycles. The minimum Gasteiger partial charge on any atom is -0.493 e. The molecule has 1 aliphatic rings. The molecule has 0 aliphatic heterocycles. The maximum absolute atomic E-state index is 6.06. The van der Waals surface area contributed by atoms with Crippen LogP contribution in [0.2, 0.25) is 0 Å². The van der Waals surface area contributed by atoms with E-state index in [9.17, 15) is 0 Å². The van der Waals surface area contributed by atoms with Crippen molar-refractivity contribution in [3.63, 3.8) is 0 Å². The number of benzene rings is 1. The van der Waals surface area contributed by atoms with Gasteiger partial charge in [-0.2, -0.15) is 0 Å². The summed E-state index contributed by atoms with van der Waals surface area (Å²) in [6, 6.07) is 12.7. The molecule has 0 saturated heterocycles. The van der Waals surface area contributed by atoms with Crippen LogP contribution in [0.5, 0.6) is 5.75 Å². The van der Waals surface area contributed by atoms with Crippen LogP contribution in [0, 0.1) is 11.8 Å². The normalized spacial score (nSPS) is 20.1. The molecule has 3 rings (SSSR count). The van der Waals surface area contributed by atoms with Gasteiger partial charge in [-0.15, -0.1) is 0 Å². The fourth-order valence-corrected chi connectivity index (χ4v) is 4.06.